The van der Waals surface area contributed by atoms with Gasteiger partial charge < -0.3 is 9.84 Å². The zero-order chi connectivity index (χ0) is 15.4. The number of hydrogen-bond acceptors (Lipinski definition) is 3. The molecule has 0 amide bonds. The van der Waals surface area contributed by atoms with Gasteiger partial charge in [0.25, 0.3) is 0 Å². The number of aliphatic hydroxyl groups excluding tert-OH is 1. The van der Waals surface area contributed by atoms with E-state index in [-0.39, 0.29) is 12.2 Å². The lowest BCUT2D eigenvalue weighted by Gasteiger charge is -2.12. The molecular formula is C17H16FNO2. The highest BCUT2D eigenvalue weighted by molar-refractivity contribution is 5.38. The summed E-state index contributed by atoms with van der Waals surface area (Å²) in [5, 5.41) is 18.3. The van der Waals surface area contributed by atoms with Gasteiger partial charge in [0.15, 0.2) is 0 Å². The van der Waals surface area contributed by atoms with E-state index in [9.17, 15) is 9.50 Å². The van der Waals surface area contributed by atoms with Crippen LogP contribution < -0.4 is 4.74 Å². The Morgan fingerprint density at radius 3 is 2.71 bits per heavy atom. The van der Waals surface area contributed by atoms with Gasteiger partial charge in [0.05, 0.1) is 11.7 Å². The molecule has 1 atom stereocenters. The van der Waals surface area contributed by atoms with E-state index in [1.165, 1.54) is 6.07 Å². The Morgan fingerprint density at radius 1 is 1.33 bits per heavy atom. The van der Waals surface area contributed by atoms with E-state index in [1.807, 2.05) is 13.0 Å². The zero-order valence-electron chi connectivity index (χ0n) is 11.9. The highest BCUT2D eigenvalue weighted by Crippen LogP contribution is 2.24. The molecule has 1 N–H and O–H groups in total. The minimum Gasteiger partial charge on any atom is -0.489 e. The highest BCUT2D eigenvalue weighted by atomic mass is 19.1. The summed E-state index contributed by atoms with van der Waals surface area (Å²) in [6.07, 6.45) is -0.539. The quantitative estimate of drug-likeness (QED) is 0.933. The summed E-state index contributed by atoms with van der Waals surface area (Å²) in [6.45, 7) is 3.61. The van der Waals surface area contributed by atoms with Crippen molar-refractivity contribution >= 4 is 0 Å². The number of aliphatic hydroxyl groups is 1. The number of rotatable bonds is 4. The van der Waals surface area contributed by atoms with Gasteiger partial charge in [-0.05, 0) is 43.2 Å². The average molecular weight is 285 g/mol. The first-order chi connectivity index (χ1) is 10.0. The Labute approximate surface area is 123 Å². The maximum absolute atomic E-state index is 13.9. The largest absolute Gasteiger partial charge is 0.489 e. The summed E-state index contributed by atoms with van der Waals surface area (Å²) in [7, 11) is 0. The van der Waals surface area contributed by atoms with Crippen LogP contribution in [0.2, 0.25) is 0 Å². The van der Waals surface area contributed by atoms with Crippen LogP contribution in [0.25, 0.3) is 0 Å². The van der Waals surface area contributed by atoms with Crippen molar-refractivity contribution in [2.45, 2.75) is 26.6 Å². The molecule has 0 saturated carbocycles. The van der Waals surface area contributed by atoms with Crippen molar-refractivity contribution in [3.63, 3.8) is 0 Å². The fourth-order valence-electron chi connectivity index (χ4n) is 2.03. The van der Waals surface area contributed by atoms with Crippen LogP contribution in [0.5, 0.6) is 5.75 Å². The topological polar surface area (TPSA) is 53.2 Å². The van der Waals surface area contributed by atoms with Crippen LogP contribution >= 0.6 is 0 Å². The molecule has 0 aromatic heterocycles. The van der Waals surface area contributed by atoms with Crippen molar-refractivity contribution < 1.29 is 14.2 Å². The Kier molecular flexibility index (Phi) is 4.56. The lowest BCUT2D eigenvalue weighted by molar-refractivity contribution is 0.199. The van der Waals surface area contributed by atoms with Crippen LogP contribution in [0.1, 0.15) is 35.3 Å². The predicted octanol–water partition coefficient (Wildman–Crippen LogP) is 3.64. The van der Waals surface area contributed by atoms with Gasteiger partial charge in [-0.1, -0.05) is 18.2 Å². The monoisotopic (exact) mass is 285 g/mol. The van der Waals surface area contributed by atoms with Gasteiger partial charge in [-0.15, -0.1) is 0 Å². The zero-order valence-corrected chi connectivity index (χ0v) is 11.9. The molecule has 0 spiro atoms. The molecule has 0 aliphatic carbocycles. The standard InChI is InChI=1S/C17H16FNO2/c1-11-8-13(12(2)20)6-7-16(11)21-10-15-5-3-4-14(9-19)17(15)18/h3-8,12,20H,10H2,1-2H3/t12-/m0/s1. The fraction of sp³-hybridized carbons (Fsp3) is 0.235. The molecule has 2 aromatic carbocycles. The molecule has 108 valence electrons. The molecule has 21 heavy (non-hydrogen) atoms. The molecule has 2 aromatic rings. The van der Waals surface area contributed by atoms with Gasteiger partial charge in [0, 0.05) is 5.56 Å². The molecule has 0 fully saturated rings. The SMILES string of the molecule is Cc1cc([C@H](C)O)ccc1OCc1cccc(C#N)c1F. The summed E-state index contributed by atoms with van der Waals surface area (Å²) >= 11 is 0. The second kappa shape index (κ2) is 6.38. The number of nitriles is 1. The number of halogens is 1. The van der Waals surface area contributed by atoms with Gasteiger partial charge in [0.2, 0.25) is 0 Å². The van der Waals surface area contributed by atoms with Crippen molar-refractivity contribution in [1.82, 2.24) is 0 Å². The molecule has 4 heteroatoms. The summed E-state index contributed by atoms with van der Waals surface area (Å²) in [6, 6.07) is 11.8. The summed E-state index contributed by atoms with van der Waals surface area (Å²) < 4.78 is 19.5. The van der Waals surface area contributed by atoms with E-state index in [0.29, 0.717) is 11.3 Å². The first-order valence-corrected chi connectivity index (χ1v) is 6.62. The molecule has 0 radical (unpaired) electrons. The molecule has 0 unspecified atom stereocenters. The number of aryl methyl sites for hydroxylation is 1. The second-order valence-corrected chi connectivity index (χ2v) is 4.88. The average Bonchev–Trinajstić information content (AvgIpc) is 2.47. The molecular weight excluding hydrogens is 269 g/mol. The third-order valence-corrected chi connectivity index (χ3v) is 3.26. The fourth-order valence-corrected chi connectivity index (χ4v) is 2.03. The van der Waals surface area contributed by atoms with Gasteiger partial charge in [-0.3, -0.25) is 0 Å². The minimum atomic E-state index is -0.543. The molecule has 0 saturated heterocycles. The number of hydrogen-bond donors (Lipinski definition) is 1. The van der Waals surface area contributed by atoms with Gasteiger partial charge in [-0.2, -0.15) is 5.26 Å². The molecule has 0 heterocycles. The molecule has 0 aliphatic rings. The summed E-state index contributed by atoms with van der Waals surface area (Å²) in [5.41, 5.74) is 2.02. The van der Waals surface area contributed by atoms with Gasteiger partial charge in [0.1, 0.15) is 24.2 Å². The van der Waals surface area contributed by atoms with E-state index in [4.69, 9.17) is 10.00 Å². The van der Waals surface area contributed by atoms with Crippen molar-refractivity contribution in [2.75, 3.05) is 0 Å². The Balaban J connectivity index is 2.16. The minimum absolute atomic E-state index is 0.0114. The normalized spacial score (nSPS) is 11.8. The van der Waals surface area contributed by atoms with Crippen LogP contribution in [-0.4, -0.2) is 5.11 Å². The van der Waals surface area contributed by atoms with E-state index >= 15 is 0 Å². The molecule has 3 nitrogen and oxygen atoms in total. The highest BCUT2D eigenvalue weighted by Gasteiger charge is 2.10. The van der Waals surface area contributed by atoms with Crippen LogP contribution in [0.3, 0.4) is 0 Å². The molecule has 0 aliphatic heterocycles. The first-order valence-electron chi connectivity index (χ1n) is 6.62. The van der Waals surface area contributed by atoms with Crippen molar-refractivity contribution in [1.29, 1.82) is 5.26 Å². The van der Waals surface area contributed by atoms with E-state index < -0.39 is 11.9 Å². The van der Waals surface area contributed by atoms with Gasteiger partial charge in [-0.25, -0.2) is 4.39 Å². The van der Waals surface area contributed by atoms with Crippen molar-refractivity contribution in [2.24, 2.45) is 0 Å². The number of nitrogens with zero attached hydrogens (tertiary/aromatic N) is 1. The Bertz CT molecular complexity index is 690. The Morgan fingerprint density at radius 2 is 2.10 bits per heavy atom. The third kappa shape index (κ3) is 3.39. The van der Waals surface area contributed by atoms with Crippen LogP contribution in [0.15, 0.2) is 36.4 Å². The molecule has 0 bridgehead atoms. The van der Waals surface area contributed by atoms with E-state index in [1.54, 1.807) is 37.3 Å². The smallest absolute Gasteiger partial charge is 0.147 e. The maximum Gasteiger partial charge on any atom is 0.147 e. The van der Waals surface area contributed by atoms with E-state index in [0.717, 1.165) is 11.1 Å². The summed E-state index contributed by atoms with van der Waals surface area (Å²) in [4.78, 5) is 0. The van der Waals surface area contributed by atoms with Crippen LogP contribution in [-0.2, 0) is 6.61 Å². The van der Waals surface area contributed by atoms with Crippen LogP contribution in [0.4, 0.5) is 4.39 Å². The van der Waals surface area contributed by atoms with Gasteiger partial charge >= 0.3 is 0 Å². The second-order valence-electron chi connectivity index (χ2n) is 4.88. The lowest BCUT2D eigenvalue weighted by atomic mass is 10.1. The Hall–Kier alpha value is -2.38. The van der Waals surface area contributed by atoms with Crippen molar-refractivity contribution in [3.8, 4) is 11.8 Å². The maximum atomic E-state index is 13.9. The third-order valence-electron chi connectivity index (χ3n) is 3.26. The predicted molar refractivity (Wildman–Crippen MR) is 77.3 cm³/mol. The van der Waals surface area contributed by atoms with Crippen LogP contribution in [0, 0.1) is 24.1 Å². The van der Waals surface area contributed by atoms with Crippen molar-refractivity contribution in [3.05, 3.63) is 64.5 Å². The number of ether oxygens (including phenoxy) is 1. The lowest BCUT2D eigenvalue weighted by Crippen LogP contribution is -2.02. The summed E-state index contributed by atoms with van der Waals surface area (Å²) in [5.74, 6) is 0.0828. The van der Waals surface area contributed by atoms with E-state index in [2.05, 4.69) is 0 Å². The molecule has 2 rings (SSSR count). The first kappa shape index (κ1) is 15.0. The number of benzene rings is 2.